The number of carbonyl (C=O) groups is 1. The van der Waals surface area contributed by atoms with Crippen molar-refractivity contribution >= 4 is 29.2 Å². The van der Waals surface area contributed by atoms with Gasteiger partial charge < -0.3 is 20.5 Å². The quantitative estimate of drug-likeness (QED) is 0.435. The van der Waals surface area contributed by atoms with E-state index in [1.165, 1.54) is 17.2 Å². The molecule has 2 fully saturated rings. The van der Waals surface area contributed by atoms with Crippen LogP contribution in [0.5, 0.6) is 5.75 Å². The van der Waals surface area contributed by atoms with Crippen LogP contribution in [0, 0.1) is 11.7 Å². The molecular formula is C26H31Cl2FN2O3. The minimum absolute atomic E-state index is 0.147. The zero-order valence-corrected chi connectivity index (χ0v) is 20.8. The van der Waals surface area contributed by atoms with Crippen molar-refractivity contribution in [3.8, 4) is 5.75 Å². The molecule has 1 saturated heterocycles. The topological polar surface area (TPSA) is 70.6 Å². The predicted octanol–water partition coefficient (Wildman–Crippen LogP) is 5.56. The predicted molar refractivity (Wildman–Crippen MR) is 132 cm³/mol. The number of carboxylic acids is 1. The smallest absolute Gasteiger partial charge is 0.320 e. The number of hydrogen-bond donors (Lipinski definition) is 3. The summed E-state index contributed by atoms with van der Waals surface area (Å²) in [7, 11) is 1.95. The highest BCUT2D eigenvalue weighted by atomic mass is 35.5. The van der Waals surface area contributed by atoms with E-state index in [1.807, 2.05) is 19.2 Å². The van der Waals surface area contributed by atoms with Gasteiger partial charge in [-0.1, -0.05) is 29.3 Å². The molecule has 0 amide bonds. The number of nitrogens with one attached hydrogen (secondary N) is 2. The largest absolute Gasteiger partial charge is 0.489 e. The van der Waals surface area contributed by atoms with Crippen molar-refractivity contribution in [2.75, 3.05) is 13.6 Å². The third-order valence-electron chi connectivity index (χ3n) is 7.04. The lowest BCUT2D eigenvalue weighted by Gasteiger charge is -2.30. The van der Waals surface area contributed by atoms with Crippen molar-refractivity contribution in [2.24, 2.45) is 5.92 Å². The van der Waals surface area contributed by atoms with E-state index in [0.717, 1.165) is 42.8 Å². The van der Waals surface area contributed by atoms with Gasteiger partial charge in [-0.05, 0) is 85.9 Å². The molecule has 2 aromatic carbocycles. The molecule has 2 atom stereocenters. The number of aliphatic carboxylic acids is 1. The molecule has 0 spiro atoms. The second-order valence-electron chi connectivity index (χ2n) is 9.45. The van der Waals surface area contributed by atoms with Crippen LogP contribution in [0.1, 0.15) is 54.7 Å². The van der Waals surface area contributed by atoms with E-state index < -0.39 is 17.8 Å². The van der Waals surface area contributed by atoms with Gasteiger partial charge in [0.25, 0.3) is 0 Å². The van der Waals surface area contributed by atoms with Crippen LogP contribution in [0.4, 0.5) is 4.39 Å². The highest BCUT2D eigenvalue weighted by Crippen LogP contribution is 2.40. The van der Waals surface area contributed by atoms with E-state index in [4.69, 9.17) is 33.0 Å². The van der Waals surface area contributed by atoms with E-state index in [-0.39, 0.29) is 11.1 Å². The van der Waals surface area contributed by atoms with E-state index in [9.17, 15) is 9.18 Å². The third kappa shape index (κ3) is 6.03. The van der Waals surface area contributed by atoms with Crippen molar-refractivity contribution in [1.82, 2.24) is 10.6 Å². The fourth-order valence-corrected chi connectivity index (χ4v) is 5.66. The molecule has 0 radical (unpaired) electrons. The lowest BCUT2D eigenvalue weighted by atomic mass is 9.75. The number of halogens is 3. The van der Waals surface area contributed by atoms with Gasteiger partial charge in [0.1, 0.15) is 23.7 Å². The molecule has 0 bridgehead atoms. The first-order valence-electron chi connectivity index (χ1n) is 11.9. The van der Waals surface area contributed by atoms with E-state index in [1.54, 1.807) is 0 Å². The normalized spacial score (nSPS) is 24.8. The summed E-state index contributed by atoms with van der Waals surface area (Å²) < 4.78 is 20.5. The number of carboxylic acid groups (broad SMARTS) is 1. The van der Waals surface area contributed by atoms with Crippen molar-refractivity contribution in [3.63, 3.8) is 0 Å². The first-order valence-corrected chi connectivity index (χ1v) is 12.6. The van der Waals surface area contributed by atoms with Crippen molar-refractivity contribution < 1.29 is 19.0 Å². The van der Waals surface area contributed by atoms with E-state index in [2.05, 4.69) is 22.8 Å². The summed E-state index contributed by atoms with van der Waals surface area (Å²) >= 11 is 12.6. The molecule has 8 heteroatoms. The lowest BCUT2D eigenvalue weighted by molar-refractivity contribution is -0.139. The molecule has 5 nitrogen and oxygen atoms in total. The van der Waals surface area contributed by atoms with Crippen molar-refractivity contribution in [2.45, 2.75) is 63.1 Å². The first-order chi connectivity index (χ1) is 16.3. The minimum Gasteiger partial charge on any atom is -0.489 e. The van der Waals surface area contributed by atoms with Gasteiger partial charge >= 0.3 is 5.97 Å². The van der Waals surface area contributed by atoms with Gasteiger partial charge in [-0.25, -0.2) is 4.39 Å². The Hall–Kier alpha value is -1.86. The standard InChI is InChI=1S/C26H31Cl2FN2O3/c1-30-13-17-6-7-19(27)10-22(17)16-4-2-15(3-5-16)8-18-9-20(11-23(29)25(18)28)34-21-12-24(26(32)33)31-14-21/h6-7,9-11,15-16,21,24,30-31H,2-5,8,12-14H2,1H3,(H,32,33)/t15?,16?,21-,24-/m0/s1. The van der Waals surface area contributed by atoms with Crippen molar-refractivity contribution in [1.29, 1.82) is 0 Å². The first kappa shape index (κ1) is 25.2. The molecule has 2 aliphatic rings. The third-order valence-corrected chi connectivity index (χ3v) is 7.70. The molecule has 1 aliphatic heterocycles. The van der Waals surface area contributed by atoms with Gasteiger partial charge in [0.05, 0.1) is 5.02 Å². The zero-order valence-electron chi connectivity index (χ0n) is 19.3. The van der Waals surface area contributed by atoms with Crippen LogP contribution in [0.25, 0.3) is 0 Å². The molecule has 1 saturated carbocycles. The Balaban J connectivity index is 1.39. The summed E-state index contributed by atoms with van der Waals surface area (Å²) in [6.45, 7) is 1.23. The van der Waals surface area contributed by atoms with Gasteiger partial charge in [-0.2, -0.15) is 0 Å². The van der Waals surface area contributed by atoms with Crippen molar-refractivity contribution in [3.05, 3.63) is 62.9 Å². The average molecular weight is 509 g/mol. The number of rotatable bonds is 8. The number of ether oxygens (including phenoxy) is 1. The fourth-order valence-electron chi connectivity index (χ4n) is 5.29. The number of hydrogen-bond acceptors (Lipinski definition) is 4. The molecule has 0 unspecified atom stereocenters. The summed E-state index contributed by atoms with van der Waals surface area (Å²) in [5.74, 6) is -0.115. The highest BCUT2D eigenvalue weighted by Gasteiger charge is 2.31. The highest BCUT2D eigenvalue weighted by molar-refractivity contribution is 6.31. The van der Waals surface area contributed by atoms with Crippen LogP contribution in [0.3, 0.4) is 0 Å². The van der Waals surface area contributed by atoms with Crippen LogP contribution in [0.2, 0.25) is 10.0 Å². The summed E-state index contributed by atoms with van der Waals surface area (Å²) in [6.07, 6.45) is 4.91. The maximum absolute atomic E-state index is 14.6. The molecule has 34 heavy (non-hydrogen) atoms. The second-order valence-corrected chi connectivity index (χ2v) is 10.3. The van der Waals surface area contributed by atoms with Crippen LogP contribution in [0.15, 0.2) is 30.3 Å². The van der Waals surface area contributed by atoms with E-state index in [0.29, 0.717) is 37.0 Å². The molecule has 1 aliphatic carbocycles. The maximum Gasteiger partial charge on any atom is 0.320 e. The zero-order chi connectivity index (χ0) is 24.2. The SMILES string of the molecule is CNCc1ccc(Cl)cc1C1CCC(Cc2cc(O[C@@H]3CN[C@H](C(=O)O)C3)cc(F)c2Cl)CC1. The van der Waals surface area contributed by atoms with Crippen LogP contribution in [-0.4, -0.2) is 36.8 Å². The van der Waals surface area contributed by atoms with Crippen LogP contribution in [-0.2, 0) is 17.8 Å². The lowest BCUT2D eigenvalue weighted by Crippen LogP contribution is -2.30. The van der Waals surface area contributed by atoms with Gasteiger partial charge in [-0.3, -0.25) is 4.79 Å². The number of benzene rings is 2. The summed E-state index contributed by atoms with van der Waals surface area (Å²) in [4.78, 5) is 11.2. The fraction of sp³-hybridized carbons (Fsp3) is 0.500. The molecule has 2 aromatic rings. The molecule has 3 N–H and O–H groups in total. The Morgan fingerprint density at radius 2 is 1.94 bits per heavy atom. The van der Waals surface area contributed by atoms with Gasteiger partial charge in [-0.15, -0.1) is 0 Å². The molecule has 0 aromatic heterocycles. The Kier molecular flexibility index (Phi) is 8.35. The minimum atomic E-state index is -0.902. The monoisotopic (exact) mass is 508 g/mol. The van der Waals surface area contributed by atoms with Gasteiger partial charge in [0.2, 0.25) is 0 Å². The molecule has 1 heterocycles. The van der Waals surface area contributed by atoms with Gasteiger partial charge in [0, 0.05) is 30.6 Å². The molecular weight excluding hydrogens is 478 g/mol. The second kappa shape index (κ2) is 11.3. The van der Waals surface area contributed by atoms with Crippen LogP contribution < -0.4 is 15.4 Å². The van der Waals surface area contributed by atoms with Gasteiger partial charge in [0.15, 0.2) is 0 Å². The summed E-state index contributed by atoms with van der Waals surface area (Å²) in [6, 6.07) is 8.61. The van der Waals surface area contributed by atoms with Crippen LogP contribution >= 0.6 is 23.2 Å². The summed E-state index contributed by atoms with van der Waals surface area (Å²) in [5, 5.41) is 16.2. The summed E-state index contributed by atoms with van der Waals surface area (Å²) in [5.41, 5.74) is 3.36. The Bertz CT molecular complexity index is 1030. The Labute approximate surface area is 210 Å². The Morgan fingerprint density at radius 1 is 1.18 bits per heavy atom. The molecule has 4 rings (SSSR count). The molecule has 184 valence electrons. The average Bonchev–Trinajstić information content (AvgIpc) is 3.28. The maximum atomic E-state index is 14.6. The van der Waals surface area contributed by atoms with E-state index >= 15 is 0 Å². The Morgan fingerprint density at radius 3 is 2.62 bits per heavy atom.